The number of pyridine rings is 1. The van der Waals surface area contributed by atoms with Crippen LogP contribution in [0.15, 0.2) is 79.3 Å². The van der Waals surface area contributed by atoms with Gasteiger partial charge in [0.15, 0.2) is 0 Å². The first-order valence-corrected chi connectivity index (χ1v) is 11.5. The van der Waals surface area contributed by atoms with Crippen molar-refractivity contribution < 1.29 is 4.79 Å². The molecular formula is C27H28N6O. The van der Waals surface area contributed by atoms with Crippen molar-refractivity contribution in [3.63, 3.8) is 0 Å². The maximum absolute atomic E-state index is 13.0. The number of carbonyl (C=O) groups is 1. The van der Waals surface area contributed by atoms with Crippen molar-refractivity contribution in [2.24, 2.45) is 7.05 Å². The summed E-state index contributed by atoms with van der Waals surface area (Å²) in [6, 6.07) is 20.8. The molecule has 1 aliphatic heterocycles. The maximum atomic E-state index is 13.0. The lowest BCUT2D eigenvalue weighted by atomic mass is 9.99. The van der Waals surface area contributed by atoms with Crippen LogP contribution in [0.4, 0.5) is 5.82 Å². The molecule has 4 aromatic rings. The molecule has 7 heteroatoms. The molecule has 2 aromatic carbocycles. The normalized spacial score (nSPS) is 16.0. The third-order valence-electron chi connectivity index (χ3n) is 6.31. The number of nitrogen functional groups attached to an aromatic ring is 1. The van der Waals surface area contributed by atoms with Crippen LogP contribution in [0.5, 0.6) is 0 Å². The smallest absolute Gasteiger partial charge is 0.255 e. The van der Waals surface area contributed by atoms with Crippen LogP contribution in [0.3, 0.4) is 0 Å². The van der Waals surface area contributed by atoms with Gasteiger partial charge in [-0.15, -0.1) is 0 Å². The van der Waals surface area contributed by atoms with Gasteiger partial charge in [0, 0.05) is 56.2 Å². The van der Waals surface area contributed by atoms with Crippen LogP contribution in [-0.4, -0.2) is 44.7 Å². The van der Waals surface area contributed by atoms with Crippen LogP contribution >= 0.6 is 0 Å². The maximum Gasteiger partial charge on any atom is 0.255 e. The van der Waals surface area contributed by atoms with Crippen LogP contribution in [-0.2, 0) is 13.6 Å². The summed E-state index contributed by atoms with van der Waals surface area (Å²) in [5.41, 5.74) is 11.9. The Morgan fingerprint density at radius 3 is 2.65 bits per heavy atom. The first kappa shape index (κ1) is 21.9. The average Bonchev–Trinajstić information content (AvgIpc) is 3.49. The van der Waals surface area contributed by atoms with Gasteiger partial charge in [0.2, 0.25) is 0 Å². The molecule has 5 rings (SSSR count). The van der Waals surface area contributed by atoms with E-state index in [9.17, 15) is 4.79 Å². The third kappa shape index (κ3) is 4.70. The molecule has 7 nitrogen and oxygen atoms in total. The van der Waals surface area contributed by atoms with Crippen molar-refractivity contribution in [2.45, 2.75) is 19.0 Å². The van der Waals surface area contributed by atoms with Crippen LogP contribution in [0.25, 0.3) is 22.3 Å². The number of amides is 1. The molecule has 34 heavy (non-hydrogen) atoms. The first-order valence-electron chi connectivity index (χ1n) is 11.5. The Morgan fingerprint density at radius 1 is 1.06 bits per heavy atom. The zero-order valence-corrected chi connectivity index (χ0v) is 19.2. The topological polar surface area (TPSA) is 89.1 Å². The highest BCUT2D eigenvalue weighted by atomic mass is 16.1. The van der Waals surface area contributed by atoms with E-state index in [1.165, 1.54) is 16.7 Å². The number of anilines is 1. The second kappa shape index (κ2) is 9.49. The molecule has 1 amide bonds. The number of hydrogen-bond donors (Lipinski definition) is 2. The summed E-state index contributed by atoms with van der Waals surface area (Å²) in [5, 5.41) is 7.35. The Hall–Kier alpha value is -3.97. The summed E-state index contributed by atoms with van der Waals surface area (Å²) >= 11 is 0. The van der Waals surface area contributed by atoms with Gasteiger partial charge in [-0.1, -0.05) is 54.6 Å². The molecule has 3 heterocycles. The molecule has 1 atom stereocenters. The number of carbonyl (C=O) groups excluding carboxylic acids is 1. The molecule has 0 radical (unpaired) electrons. The lowest BCUT2D eigenvalue weighted by Crippen LogP contribution is -2.37. The van der Waals surface area contributed by atoms with Crippen molar-refractivity contribution in [2.75, 3.05) is 18.8 Å². The minimum Gasteiger partial charge on any atom is -0.383 e. The molecule has 0 spiro atoms. The number of nitrogens with two attached hydrogens (primary N) is 1. The molecule has 2 aromatic heterocycles. The lowest BCUT2D eigenvalue weighted by molar-refractivity contribution is 0.0938. The van der Waals surface area contributed by atoms with E-state index < -0.39 is 0 Å². The van der Waals surface area contributed by atoms with Crippen LogP contribution in [0.1, 0.15) is 22.3 Å². The number of hydrogen-bond acceptors (Lipinski definition) is 5. The summed E-state index contributed by atoms with van der Waals surface area (Å²) in [7, 11) is 1.85. The molecular weight excluding hydrogens is 424 g/mol. The molecule has 172 valence electrons. The third-order valence-corrected chi connectivity index (χ3v) is 6.31. The second-order valence-electron chi connectivity index (χ2n) is 8.78. The van der Waals surface area contributed by atoms with Gasteiger partial charge >= 0.3 is 0 Å². The number of nitrogens with zero attached hydrogens (tertiary/aromatic N) is 4. The van der Waals surface area contributed by atoms with Crippen LogP contribution < -0.4 is 11.1 Å². The predicted octanol–water partition coefficient (Wildman–Crippen LogP) is 3.74. The van der Waals surface area contributed by atoms with E-state index >= 15 is 0 Å². The summed E-state index contributed by atoms with van der Waals surface area (Å²) < 4.78 is 1.72. The van der Waals surface area contributed by atoms with Gasteiger partial charge in [0.05, 0.1) is 11.8 Å². The second-order valence-corrected chi connectivity index (χ2v) is 8.78. The van der Waals surface area contributed by atoms with Gasteiger partial charge in [-0.05, 0) is 29.2 Å². The average molecular weight is 453 g/mol. The van der Waals surface area contributed by atoms with Crippen molar-refractivity contribution in [3.8, 4) is 22.3 Å². The molecule has 1 saturated heterocycles. The Bertz CT molecular complexity index is 1300. The monoisotopic (exact) mass is 452 g/mol. The predicted molar refractivity (Wildman–Crippen MR) is 134 cm³/mol. The fraction of sp³-hybridized carbons (Fsp3) is 0.222. The van der Waals surface area contributed by atoms with Crippen molar-refractivity contribution in [1.29, 1.82) is 0 Å². The summed E-state index contributed by atoms with van der Waals surface area (Å²) in [5.74, 6) is 0.0454. The molecule has 0 unspecified atom stereocenters. The quantitative estimate of drug-likeness (QED) is 0.465. The van der Waals surface area contributed by atoms with Gasteiger partial charge in [0.25, 0.3) is 5.91 Å². The molecule has 0 saturated carbocycles. The van der Waals surface area contributed by atoms with E-state index in [0.29, 0.717) is 5.56 Å². The standard InChI is InChI=1S/C27H28N6O/c1-32-16-22(15-30-32)21-13-25(26(28)29-14-21)27(34)31-23-11-12-33(18-23)17-20-9-5-6-10-24(20)19-7-3-2-4-8-19/h2-10,13-16,23H,11-12,17-18H2,1H3,(H2,28,29)(H,31,34)/t23-/m1/s1. The molecule has 0 bridgehead atoms. The number of likely N-dealkylation sites (tertiary alicyclic amines) is 1. The Balaban J connectivity index is 1.25. The van der Waals surface area contributed by atoms with Gasteiger partial charge in [0.1, 0.15) is 5.82 Å². The van der Waals surface area contributed by atoms with Crippen molar-refractivity contribution in [1.82, 2.24) is 25.0 Å². The van der Waals surface area contributed by atoms with E-state index in [0.717, 1.165) is 37.2 Å². The van der Waals surface area contributed by atoms with Gasteiger partial charge < -0.3 is 11.1 Å². The van der Waals surface area contributed by atoms with Crippen LogP contribution in [0.2, 0.25) is 0 Å². The van der Waals surface area contributed by atoms with Crippen molar-refractivity contribution in [3.05, 3.63) is 90.4 Å². The lowest BCUT2D eigenvalue weighted by Gasteiger charge is -2.19. The minimum absolute atomic E-state index is 0.0674. The Labute approximate surface area is 199 Å². The summed E-state index contributed by atoms with van der Waals surface area (Å²) in [6.45, 7) is 2.57. The summed E-state index contributed by atoms with van der Waals surface area (Å²) in [6.07, 6.45) is 6.20. The first-order chi connectivity index (χ1) is 16.6. The van der Waals surface area contributed by atoms with E-state index in [2.05, 4.69) is 68.8 Å². The zero-order chi connectivity index (χ0) is 23.5. The molecule has 3 N–H and O–H groups in total. The number of aromatic nitrogens is 3. The molecule has 0 aliphatic carbocycles. The largest absolute Gasteiger partial charge is 0.383 e. The number of aryl methyl sites for hydroxylation is 1. The number of benzene rings is 2. The Kier molecular flexibility index (Phi) is 6.10. The highest BCUT2D eigenvalue weighted by Gasteiger charge is 2.26. The highest BCUT2D eigenvalue weighted by molar-refractivity contribution is 5.99. The molecule has 1 fully saturated rings. The van der Waals surface area contributed by atoms with Gasteiger partial charge in [-0.3, -0.25) is 14.4 Å². The SMILES string of the molecule is Cn1cc(-c2cnc(N)c(C(=O)N[C@@H]3CCN(Cc4ccccc4-c4ccccc4)C3)c2)cn1. The van der Waals surface area contributed by atoms with Crippen molar-refractivity contribution >= 4 is 11.7 Å². The van der Waals surface area contributed by atoms with Crippen LogP contribution in [0, 0.1) is 0 Å². The van der Waals surface area contributed by atoms with E-state index in [-0.39, 0.29) is 17.8 Å². The van der Waals surface area contributed by atoms with E-state index in [4.69, 9.17) is 5.73 Å². The van der Waals surface area contributed by atoms with Gasteiger partial charge in [-0.25, -0.2) is 4.98 Å². The Morgan fingerprint density at radius 2 is 1.85 bits per heavy atom. The number of nitrogens with one attached hydrogen (secondary N) is 1. The fourth-order valence-corrected chi connectivity index (χ4v) is 4.54. The van der Waals surface area contributed by atoms with Gasteiger partial charge in [-0.2, -0.15) is 5.10 Å². The van der Waals surface area contributed by atoms with E-state index in [1.54, 1.807) is 23.1 Å². The zero-order valence-electron chi connectivity index (χ0n) is 19.2. The fourth-order valence-electron chi connectivity index (χ4n) is 4.54. The summed E-state index contributed by atoms with van der Waals surface area (Å²) in [4.78, 5) is 19.7. The minimum atomic E-state index is -0.188. The number of rotatable bonds is 6. The van der Waals surface area contributed by atoms with E-state index in [1.807, 2.05) is 19.3 Å². The molecule has 1 aliphatic rings. The highest BCUT2D eigenvalue weighted by Crippen LogP contribution is 2.26.